The Morgan fingerprint density at radius 1 is 0.398 bits per heavy atom. The van der Waals surface area contributed by atoms with Crippen LogP contribution >= 0.6 is 0 Å². The smallest absolute Gasteiger partial charge is 0.347 e. The molecule has 13 aromatic rings. The predicted molar refractivity (Wildman–Crippen MR) is 400 cm³/mol. The van der Waals surface area contributed by atoms with E-state index in [2.05, 4.69) is 13.8 Å². The van der Waals surface area contributed by atoms with E-state index in [9.17, 15) is 34.5 Å². The van der Waals surface area contributed by atoms with Crippen molar-refractivity contribution in [3.63, 3.8) is 0 Å². The number of aryl methyl sites for hydroxylation is 4. The first-order valence-corrected chi connectivity index (χ1v) is 33.5. The summed E-state index contributed by atoms with van der Waals surface area (Å²) in [6, 6.07) is 73.5. The van der Waals surface area contributed by atoms with Crippen molar-refractivity contribution in [2.45, 2.75) is 61.0 Å². The summed E-state index contributed by atoms with van der Waals surface area (Å²) in [4.78, 5) is 54.3. The van der Waals surface area contributed by atoms with Crippen molar-refractivity contribution in [1.82, 2.24) is 0 Å². The average molecular weight is 1370 g/mol. The van der Waals surface area contributed by atoms with E-state index in [-0.39, 0.29) is 69.3 Å². The number of carbonyl (C=O) groups is 4. The SMILES string of the molecule is CC1(C)COC(c2ccccc2O)OC1.COc1c(C(=O)OCc2ccc(C)cc2)cc2ccccc2c1-c1c(OC)c(C(=O)Oc2ccccc2C)cc2ccccc12.Cc1ccc(COC(=O)c2cc3ccccc3c(-c3c(O)c(C(=O)Oc4ccccc4C)cc4ccccc34)c2O)cc1. The van der Waals surface area contributed by atoms with Crippen LogP contribution in [0, 0.1) is 33.1 Å². The van der Waals surface area contributed by atoms with Gasteiger partial charge in [0.15, 0.2) is 6.29 Å². The molecule has 0 amide bonds. The molecule has 1 aliphatic rings. The zero-order valence-electron chi connectivity index (χ0n) is 58.2. The number of hydrogen-bond acceptors (Lipinski definition) is 15. The molecule has 0 atom stereocenters. The molecule has 1 fully saturated rings. The summed E-state index contributed by atoms with van der Waals surface area (Å²) in [6.45, 7) is 13.3. The highest BCUT2D eigenvalue weighted by molar-refractivity contribution is 6.18. The molecule has 518 valence electrons. The highest BCUT2D eigenvalue weighted by Gasteiger charge is 2.33. The lowest BCUT2D eigenvalue weighted by Crippen LogP contribution is -2.33. The summed E-state index contributed by atoms with van der Waals surface area (Å²) in [7, 11) is 3.04. The number of esters is 4. The molecule has 1 heterocycles. The molecule has 15 heteroatoms. The molecule has 0 spiro atoms. The first-order valence-electron chi connectivity index (χ1n) is 33.5. The molecule has 0 aromatic heterocycles. The van der Waals surface area contributed by atoms with Crippen LogP contribution in [0.15, 0.2) is 243 Å². The largest absolute Gasteiger partial charge is 0.507 e. The van der Waals surface area contributed by atoms with Crippen molar-refractivity contribution in [1.29, 1.82) is 0 Å². The lowest BCUT2D eigenvalue weighted by molar-refractivity contribution is -0.226. The van der Waals surface area contributed by atoms with Gasteiger partial charge in [-0.05, 0) is 136 Å². The second-order valence-electron chi connectivity index (χ2n) is 26.0. The number of benzene rings is 13. The molecular formula is C88H76O15. The molecule has 14 rings (SSSR count). The fourth-order valence-corrected chi connectivity index (χ4v) is 12.4. The lowest BCUT2D eigenvalue weighted by Gasteiger charge is -2.34. The Kier molecular flexibility index (Phi) is 21.3. The molecule has 0 saturated carbocycles. The minimum absolute atomic E-state index is 0.0229. The summed E-state index contributed by atoms with van der Waals surface area (Å²) < 4.78 is 46.1. The third-order valence-corrected chi connectivity index (χ3v) is 17.9. The van der Waals surface area contributed by atoms with Crippen LogP contribution in [-0.4, -0.2) is 66.6 Å². The van der Waals surface area contributed by atoms with Crippen molar-refractivity contribution in [2.75, 3.05) is 27.4 Å². The van der Waals surface area contributed by atoms with Gasteiger partial charge in [-0.3, -0.25) is 0 Å². The van der Waals surface area contributed by atoms with Crippen LogP contribution in [0.3, 0.4) is 0 Å². The highest BCUT2D eigenvalue weighted by Crippen LogP contribution is 2.51. The Labute approximate surface area is 596 Å². The van der Waals surface area contributed by atoms with Gasteiger partial charge >= 0.3 is 23.9 Å². The van der Waals surface area contributed by atoms with E-state index in [1.165, 1.54) is 14.2 Å². The standard InChI is InChI=1S/C39H32O6.C37H28O6.C12H16O3/c1-24-17-19-26(20-18-24)23-44-38(40)31-21-27-12-6-8-14-29(27)34(36(31)42-3)35-30-15-9-7-13-28(30)22-32(37(35)43-4)39(41)45-33-16-10-5-11-25(33)2;1-22-15-17-24(18-16-22)21-42-36(40)29-19-25-10-4-6-12-27(25)32(34(29)38)33-28-13-7-5-11-26(28)20-30(35(33)39)37(41)43-31-14-8-3-9-23(31)2;1-12(2)7-14-11(15-8-12)9-5-3-4-6-10(9)13/h5-22H,23H2,1-4H3;3-20,38-39H,21H2,1-2H3;3-6,11,13H,7-8H2,1-2H3. The van der Waals surface area contributed by atoms with E-state index in [4.69, 9.17) is 37.9 Å². The monoisotopic (exact) mass is 1370 g/mol. The number of fused-ring (bicyclic) bond motifs is 4. The van der Waals surface area contributed by atoms with Crippen molar-refractivity contribution >= 4 is 67.0 Å². The molecule has 13 aromatic carbocycles. The molecule has 1 saturated heterocycles. The molecule has 0 bridgehead atoms. The van der Waals surface area contributed by atoms with Crippen molar-refractivity contribution in [3.05, 3.63) is 304 Å². The fraction of sp³-hybridized carbons (Fsp3) is 0.159. The second-order valence-corrected chi connectivity index (χ2v) is 26.0. The summed E-state index contributed by atoms with van der Waals surface area (Å²) >= 11 is 0. The van der Waals surface area contributed by atoms with Crippen LogP contribution in [0.25, 0.3) is 65.3 Å². The summed E-state index contributed by atoms with van der Waals surface area (Å²) in [6.07, 6.45) is -0.431. The van der Waals surface area contributed by atoms with Crippen LogP contribution in [0.4, 0.5) is 0 Å². The zero-order chi connectivity index (χ0) is 72.5. The number of phenolic OH excluding ortho intramolecular Hbond substituents is 3. The van der Waals surface area contributed by atoms with Crippen LogP contribution in [-0.2, 0) is 32.2 Å². The minimum Gasteiger partial charge on any atom is -0.507 e. The number of rotatable bonds is 15. The summed E-state index contributed by atoms with van der Waals surface area (Å²) in [5, 5.41) is 38.7. The van der Waals surface area contributed by atoms with Gasteiger partial charge < -0.3 is 53.2 Å². The number of methoxy groups -OCH3 is 2. The molecule has 15 nitrogen and oxygen atoms in total. The number of phenols is 3. The van der Waals surface area contributed by atoms with Gasteiger partial charge in [0.05, 0.1) is 27.4 Å². The Hall–Kier alpha value is -12.3. The van der Waals surface area contributed by atoms with Crippen LogP contribution in [0.2, 0.25) is 0 Å². The zero-order valence-corrected chi connectivity index (χ0v) is 58.2. The van der Waals surface area contributed by atoms with Gasteiger partial charge in [0.25, 0.3) is 0 Å². The van der Waals surface area contributed by atoms with Crippen LogP contribution in [0.1, 0.15) is 101 Å². The number of hydrogen-bond donors (Lipinski definition) is 3. The van der Waals surface area contributed by atoms with Gasteiger partial charge in [0.1, 0.15) is 75.7 Å². The van der Waals surface area contributed by atoms with Gasteiger partial charge in [-0.2, -0.15) is 0 Å². The summed E-state index contributed by atoms with van der Waals surface area (Å²) in [5.41, 5.74) is 8.24. The molecule has 0 radical (unpaired) electrons. The Morgan fingerprint density at radius 2 is 0.728 bits per heavy atom. The van der Waals surface area contributed by atoms with Crippen molar-refractivity contribution in [2.24, 2.45) is 5.41 Å². The topological polar surface area (TPSA) is 203 Å². The predicted octanol–water partition coefficient (Wildman–Crippen LogP) is 19.6. The highest BCUT2D eigenvalue weighted by atomic mass is 16.7. The Balaban J connectivity index is 0.000000162. The van der Waals surface area contributed by atoms with Gasteiger partial charge in [-0.25, -0.2) is 19.2 Å². The summed E-state index contributed by atoms with van der Waals surface area (Å²) in [5.74, 6) is -1.63. The Bertz CT molecular complexity index is 5340. The first kappa shape index (κ1) is 70.6. The number of carbonyl (C=O) groups excluding carboxylic acids is 4. The van der Waals surface area contributed by atoms with Gasteiger partial charge in [0, 0.05) is 33.2 Å². The maximum absolute atomic E-state index is 13.8. The van der Waals surface area contributed by atoms with Crippen LogP contribution in [0.5, 0.6) is 40.2 Å². The quantitative estimate of drug-likeness (QED) is 0.0645. The Morgan fingerprint density at radius 3 is 1.14 bits per heavy atom. The van der Waals surface area contributed by atoms with E-state index in [1.807, 2.05) is 191 Å². The molecule has 103 heavy (non-hydrogen) atoms. The van der Waals surface area contributed by atoms with Gasteiger partial charge in [-0.15, -0.1) is 0 Å². The van der Waals surface area contributed by atoms with Crippen molar-refractivity contribution in [3.8, 4) is 62.5 Å². The normalized spacial score (nSPS) is 12.5. The van der Waals surface area contributed by atoms with Crippen molar-refractivity contribution < 1.29 is 72.4 Å². The molecule has 0 unspecified atom stereocenters. The van der Waals surface area contributed by atoms with E-state index in [0.29, 0.717) is 74.4 Å². The number of ether oxygens (including phenoxy) is 8. The van der Waals surface area contributed by atoms with E-state index >= 15 is 0 Å². The minimum atomic E-state index is -0.753. The van der Waals surface area contributed by atoms with Gasteiger partial charge in [-0.1, -0.05) is 225 Å². The van der Waals surface area contributed by atoms with E-state index in [0.717, 1.165) is 54.9 Å². The van der Waals surface area contributed by atoms with E-state index < -0.39 is 30.2 Å². The number of aromatic hydroxyl groups is 3. The van der Waals surface area contributed by atoms with E-state index in [1.54, 1.807) is 78.9 Å². The average Bonchev–Trinajstić information content (AvgIpc) is 0.738. The molecule has 0 aliphatic carbocycles. The maximum atomic E-state index is 13.8. The maximum Gasteiger partial charge on any atom is 0.347 e. The lowest BCUT2D eigenvalue weighted by atomic mass is 9.88. The van der Waals surface area contributed by atoms with Gasteiger partial charge in [0.2, 0.25) is 0 Å². The van der Waals surface area contributed by atoms with Crippen LogP contribution < -0.4 is 18.9 Å². The second kappa shape index (κ2) is 31.1. The molecular weight excluding hydrogens is 1300 g/mol. The molecule has 1 aliphatic heterocycles. The fourth-order valence-electron chi connectivity index (χ4n) is 12.4. The third-order valence-electron chi connectivity index (χ3n) is 17.9. The third kappa shape index (κ3) is 15.5. The first-order chi connectivity index (χ1) is 49.8. The molecule has 3 N–H and O–H groups in total. The number of para-hydroxylation sites is 3.